The fourth-order valence-electron chi connectivity index (χ4n) is 2.32. The second-order valence-corrected chi connectivity index (χ2v) is 5.85. The van der Waals surface area contributed by atoms with Crippen LogP contribution in [-0.2, 0) is 6.54 Å². The Hall–Kier alpha value is -1.72. The van der Waals surface area contributed by atoms with E-state index in [1.165, 1.54) is 0 Å². The van der Waals surface area contributed by atoms with E-state index in [1.54, 1.807) is 6.20 Å². The molecule has 3 aromatic rings. The first-order chi connectivity index (χ1) is 10.3. The maximum atomic E-state index is 4.72. The summed E-state index contributed by atoms with van der Waals surface area (Å²) in [5, 5.41) is 8.90. The number of benzene rings is 1. The van der Waals surface area contributed by atoms with Crippen LogP contribution in [0.1, 0.15) is 19.0 Å². The molecular formula is C16H17BrN4. The number of hydrogen-bond donors (Lipinski definition) is 1. The first-order valence-corrected chi connectivity index (χ1v) is 7.87. The summed E-state index contributed by atoms with van der Waals surface area (Å²) in [6.07, 6.45) is 4.88. The van der Waals surface area contributed by atoms with E-state index in [2.05, 4.69) is 45.4 Å². The summed E-state index contributed by atoms with van der Waals surface area (Å²) in [5.41, 5.74) is 3.08. The maximum Gasteiger partial charge on any atom is 0.0758 e. The van der Waals surface area contributed by atoms with Crippen molar-refractivity contribution < 1.29 is 0 Å². The summed E-state index contributed by atoms with van der Waals surface area (Å²) in [6.45, 7) is 3.93. The first kappa shape index (κ1) is 14.2. The van der Waals surface area contributed by atoms with E-state index in [4.69, 9.17) is 4.98 Å². The van der Waals surface area contributed by atoms with Gasteiger partial charge in [-0.05, 0) is 41.0 Å². The van der Waals surface area contributed by atoms with Gasteiger partial charge in [0.1, 0.15) is 0 Å². The van der Waals surface area contributed by atoms with E-state index >= 15 is 0 Å². The van der Waals surface area contributed by atoms with Gasteiger partial charge in [0.25, 0.3) is 0 Å². The summed E-state index contributed by atoms with van der Waals surface area (Å²) in [4.78, 5) is 4.72. The molecule has 2 heterocycles. The highest BCUT2D eigenvalue weighted by atomic mass is 79.9. The van der Waals surface area contributed by atoms with Gasteiger partial charge in [-0.2, -0.15) is 5.10 Å². The van der Waals surface area contributed by atoms with Crippen molar-refractivity contribution in [3.63, 3.8) is 0 Å². The molecule has 0 aliphatic carbocycles. The molecule has 3 rings (SSSR count). The Labute approximate surface area is 132 Å². The zero-order chi connectivity index (χ0) is 14.7. The summed E-state index contributed by atoms with van der Waals surface area (Å²) in [6, 6.07) is 10.3. The van der Waals surface area contributed by atoms with Crippen molar-refractivity contribution in [3.8, 4) is 5.69 Å². The molecule has 1 N–H and O–H groups in total. The van der Waals surface area contributed by atoms with Gasteiger partial charge >= 0.3 is 0 Å². The smallest absolute Gasteiger partial charge is 0.0758 e. The van der Waals surface area contributed by atoms with Gasteiger partial charge < -0.3 is 5.32 Å². The van der Waals surface area contributed by atoms with Gasteiger partial charge in [0.15, 0.2) is 0 Å². The van der Waals surface area contributed by atoms with Gasteiger partial charge in [-0.25, -0.2) is 4.68 Å². The molecule has 0 aliphatic rings. The zero-order valence-electron chi connectivity index (χ0n) is 11.9. The van der Waals surface area contributed by atoms with Crippen LogP contribution in [0.2, 0.25) is 0 Å². The number of pyridine rings is 1. The molecule has 0 bridgehead atoms. The quantitative estimate of drug-likeness (QED) is 0.718. The number of hydrogen-bond acceptors (Lipinski definition) is 3. The van der Waals surface area contributed by atoms with Gasteiger partial charge in [0.2, 0.25) is 0 Å². The highest BCUT2D eigenvalue weighted by Gasteiger charge is 2.08. The molecule has 0 amide bonds. The highest BCUT2D eigenvalue weighted by molar-refractivity contribution is 9.10. The minimum Gasteiger partial charge on any atom is -0.311 e. The Morgan fingerprint density at radius 3 is 2.90 bits per heavy atom. The predicted octanol–water partition coefficient (Wildman–Crippen LogP) is 3.68. The molecule has 0 spiro atoms. The molecule has 0 fully saturated rings. The van der Waals surface area contributed by atoms with Crippen LogP contribution >= 0.6 is 15.9 Å². The molecule has 2 aromatic heterocycles. The van der Waals surface area contributed by atoms with Crippen molar-refractivity contribution in [2.24, 2.45) is 0 Å². The fourth-order valence-corrected chi connectivity index (χ4v) is 2.60. The number of nitrogens with one attached hydrogen (secondary N) is 1. The van der Waals surface area contributed by atoms with Crippen LogP contribution in [0.3, 0.4) is 0 Å². The molecule has 0 saturated carbocycles. The summed E-state index contributed by atoms with van der Waals surface area (Å²) < 4.78 is 2.85. The van der Waals surface area contributed by atoms with E-state index < -0.39 is 0 Å². The van der Waals surface area contributed by atoms with Crippen molar-refractivity contribution in [3.05, 3.63) is 52.9 Å². The molecule has 0 saturated heterocycles. The van der Waals surface area contributed by atoms with E-state index in [-0.39, 0.29) is 0 Å². The van der Waals surface area contributed by atoms with Gasteiger partial charge in [0, 0.05) is 18.1 Å². The van der Waals surface area contributed by atoms with Crippen molar-refractivity contribution in [1.82, 2.24) is 20.1 Å². The number of rotatable bonds is 5. The summed E-state index contributed by atoms with van der Waals surface area (Å²) >= 11 is 3.45. The lowest BCUT2D eigenvalue weighted by Crippen LogP contribution is -2.15. The van der Waals surface area contributed by atoms with Crippen LogP contribution in [0.15, 0.2) is 47.2 Å². The number of fused-ring (bicyclic) bond motifs is 1. The van der Waals surface area contributed by atoms with Crippen molar-refractivity contribution in [2.45, 2.75) is 19.9 Å². The molecule has 0 unspecified atom stereocenters. The van der Waals surface area contributed by atoms with Gasteiger partial charge in [0.05, 0.1) is 27.6 Å². The molecule has 0 atom stereocenters. The van der Waals surface area contributed by atoms with Crippen LogP contribution in [0.4, 0.5) is 0 Å². The Morgan fingerprint density at radius 2 is 2.14 bits per heavy atom. The van der Waals surface area contributed by atoms with Gasteiger partial charge in [-0.3, -0.25) is 4.98 Å². The first-order valence-electron chi connectivity index (χ1n) is 7.08. The third kappa shape index (κ3) is 3.14. The predicted molar refractivity (Wildman–Crippen MR) is 88.6 cm³/mol. The number of halogens is 1. The summed E-state index contributed by atoms with van der Waals surface area (Å²) in [5.74, 6) is 0. The Kier molecular flexibility index (Phi) is 4.31. The van der Waals surface area contributed by atoms with E-state index in [0.717, 1.165) is 46.3 Å². The van der Waals surface area contributed by atoms with Gasteiger partial charge in [-0.15, -0.1) is 0 Å². The number of aromatic nitrogens is 3. The average molecular weight is 345 g/mol. The topological polar surface area (TPSA) is 42.7 Å². The minimum atomic E-state index is 0.772. The van der Waals surface area contributed by atoms with Crippen molar-refractivity contribution in [1.29, 1.82) is 0 Å². The lowest BCUT2D eigenvalue weighted by atomic mass is 10.1. The molecule has 5 heteroatoms. The SMILES string of the molecule is CCCNCc1cc(-n2cc(Br)cn2)c2ccccc2n1. The third-order valence-electron chi connectivity index (χ3n) is 3.28. The normalized spacial score (nSPS) is 11.1. The lowest BCUT2D eigenvalue weighted by Gasteiger charge is -2.10. The molecule has 4 nitrogen and oxygen atoms in total. The Bertz CT molecular complexity index is 751. The van der Waals surface area contributed by atoms with Crippen molar-refractivity contribution >= 4 is 26.8 Å². The molecule has 21 heavy (non-hydrogen) atoms. The fraction of sp³-hybridized carbons (Fsp3) is 0.250. The number of nitrogens with zero attached hydrogens (tertiary/aromatic N) is 3. The van der Waals surface area contributed by atoms with Crippen LogP contribution in [0, 0.1) is 0 Å². The third-order valence-corrected chi connectivity index (χ3v) is 3.69. The second kappa shape index (κ2) is 6.37. The van der Waals surface area contributed by atoms with Gasteiger partial charge in [-0.1, -0.05) is 25.1 Å². The average Bonchev–Trinajstić information content (AvgIpc) is 2.93. The minimum absolute atomic E-state index is 0.772. The highest BCUT2D eigenvalue weighted by Crippen LogP contribution is 2.23. The number of para-hydroxylation sites is 1. The Balaban J connectivity index is 2.07. The zero-order valence-corrected chi connectivity index (χ0v) is 13.5. The van der Waals surface area contributed by atoms with E-state index in [1.807, 2.05) is 29.1 Å². The van der Waals surface area contributed by atoms with Crippen LogP contribution in [0.5, 0.6) is 0 Å². The summed E-state index contributed by atoms with van der Waals surface area (Å²) in [7, 11) is 0. The standard InChI is InChI=1S/C16H17BrN4/c1-2-7-18-10-13-8-16(21-11-12(17)9-19-21)14-5-3-4-6-15(14)20-13/h3-6,8-9,11,18H,2,7,10H2,1H3. The molecule has 0 radical (unpaired) electrons. The molecule has 0 aliphatic heterocycles. The monoisotopic (exact) mass is 344 g/mol. The van der Waals surface area contributed by atoms with E-state index in [0.29, 0.717) is 0 Å². The molecular weight excluding hydrogens is 328 g/mol. The van der Waals surface area contributed by atoms with Crippen molar-refractivity contribution in [2.75, 3.05) is 6.54 Å². The molecule has 108 valence electrons. The van der Waals surface area contributed by atoms with Crippen LogP contribution in [0.25, 0.3) is 16.6 Å². The van der Waals surface area contributed by atoms with Crippen LogP contribution < -0.4 is 5.32 Å². The van der Waals surface area contributed by atoms with E-state index in [9.17, 15) is 0 Å². The largest absolute Gasteiger partial charge is 0.311 e. The molecule has 1 aromatic carbocycles. The Morgan fingerprint density at radius 1 is 1.29 bits per heavy atom. The second-order valence-electron chi connectivity index (χ2n) is 4.93. The lowest BCUT2D eigenvalue weighted by molar-refractivity contribution is 0.665. The van der Waals surface area contributed by atoms with Crippen LogP contribution in [-0.4, -0.2) is 21.3 Å². The maximum absolute atomic E-state index is 4.72.